The second kappa shape index (κ2) is 24.6. The van der Waals surface area contributed by atoms with Gasteiger partial charge < -0.3 is 133 Å². The van der Waals surface area contributed by atoms with Gasteiger partial charge in [0.1, 0.15) is 116 Å². The van der Waals surface area contributed by atoms with Gasteiger partial charge in [-0.1, -0.05) is 48.5 Å². The van der Waals surface area contributed by atoms with Crippen LogP contribution in [-0.4, -0.2) is 287 Å². The average molecular weight is 1270 g/mol. The maximum absolute atomic E-state index is 12.7. The zero-order valence-corrected chi connectivity index (χ0v) is 51.4. The van der Waals surface area contributed by atoms with Crippen LogP contribution < -0.4 is 0 Å². The van der Waals surface area contributed by atoms with Gasteiger partial charge in [0.05, 0.1) is 62.9 Å². The second-order valence-electron chi connectivity index (χ2n) is 29.7. The van der Waals surface area contributed by atoms with E-state index in [1.54, 1.807) is 0 Å². The largest absolute Gasteiger partial charge is 0.462 e. The lowest BCUT2D eigenvalue weighted by Crippen LogP contribution is -2.75. The molecule has 11 fully saturated rings. The summed E-state index contributed by atoms with van der Waals surface area (Å²) in [6.07, 6.45) is -36.4. The van der Waals surface area contributed by atoms with Crippen LogP contribution in [0.4, 0.5) is 0 Å². The van der Waals surface area contributed by atoms with E-state index in [1.807, 2.05) is 0 Å². The molecule has 28 nitrogen and oxygen atoms in total. The molecule has 6 aliphatic heterocycles. The number of esters is 1. The van der Waals surface area contributed by atoms with Crippen LogP contribution >= 0.6 is 0 Å². The summed E-state index contributed by atoms with van der Waals surface area (Å²) in [7, 11) is 0. The van der Waals surface area contributed by atoms with Gasteiger partial charge in [0.2, 0.25) is 0 Å². The molecule has 506 valence electrons. The molecule has 28 heteroatoms. The normalized spacial score (nSPS) is 55.8. The topological polar surface area (TPSA) is 431 Å². The lowest BCUT2D eigenvalue weighted by atomic mass is 9.30. The highest BCUT2D eigenvalue weighted by Gasteiger charge is 2.82. The molecule has 11 aliphatic rings. The SMILES string of the molecule is CC(=O)OC1CC(C)(C)CC2C13COC21CCC2C4(C)CCC(OC5OCC(OC6OC(CO)C(OC7OC(CO)C(O)C(O)C7O)C(O)C6OC6OCC(O)C(O)C6O)C(O)C5OC5OC(CO)C(O)C(O)C5O)C(C)(C)C4CCC2(C)C1(C)CC3O. The standard InChI is InChI=1S/C60H98O28/c1-24(64)80-35-17-54(2,3)15-32-59(35)23-79-60(32)14-10-31-56(6)12-11-34(55(4,5)30(56)9-13-57(31,7)58(60,8)16-33(59)66)85-52-47(88-51-44(75)41(72)38(69)27(19-62)82-51)39(70)29(22-78-52)84-53-48(87-49-42(73)36(67)25(65)21-77-49)45(76)46(28(20-63)83-53)86-50-43(74)40(71)37(68)26(18-61)81-50/h25-53,61-63,65-76H,9-23H2,1-8H3. The van der Waals surface area contributed by atoms with Crippen LogP contribution in [0.1, 0.15) is 113 Å². The van der Waals surface area contributed by atoms with Gasteiger partial charge in [-0.2, -0.15) is 0 Å². The molecule has 2 bridgehead atoms. The molecule has 5 aliphatic carbocycles. The number of hydrogen-bond acceptors (Lipinski definition) is 28. The van der Waals surface area contributed by atoms with E-state index in [2.05, 4.69) is 48.5 Å². The molecule has 0 radical (unpaired) electrons. The number of ether oxygens (including phenoxy) is 12. The first-order chi connectivity index (χ1) is 41.3. The quantitative estimate of drug-likeness (QED) is 0.0588. The van der Waals surface area contributed by atoms with Crippen LogP contribution in [0.2, 0.25) is 0 Å². The molecular weight excluding hydrogens is 1170 g/mol. The minimum atomic E-state index is -2.05. The number of carbonyl (C=O) groups is 1. The smallest absolute Gasteiger partial charge is 0.302 e. The van der Waals surface area contributed by atoms with E-state index in [0.717, 1.165) is 32.1 Å². The van der Waals surface area contributed by atoms with Gasteiger partial charge in [-0.05, 0) is 91.3 Å². The Morgan fingerprint density at radius 2 is 1.05 bits per heavy atom. The monoisotopic (exact) mass is 1270 g/mol. The Morgan fingerprint density at radius 3 is 1.66 bits per heavy atom. The van der Waals surface area contributed by atoms with Crippen LogP contribution in [0.5, 0.6) is 0 Å². The summed E-state index contributed by atoms with van der Waals surface area (Å²) in [5.41, 5.74) is -3.06. The van der Waals surface area contributed by atoms with E-state index in [1.165, 1.54) is 6.92 Å². The zero-order chi connectivity index (χ0) is 63.9. The molecule has 0 aromatic rings. The van der Waals surface area contributed by atoms with Crippen molar-refractivity contribution in [1.29, 1.82) is 0 Å². The Labute approximate surface area is 511 Å². The van der Waals surface area contributed by atoms with Gasteiger partial charge >= 0.3 is 5.97 Å². The highest BCUT2D eigenvalue weighted by Crippen LogP contribution is 2.81. The number of aliphatic hydroxyl groups excluding tert-OH is 15. The number of fused-ring (bicyclic) bond motifs is 4. The molecule has 15 N–H and O–H groups in total. The van der Waals surface area contributed by atoms with Gasteiger partial charge in [-0.25, -0.2) is 0 Å². The first-order valence-corrected chi connectivity index (χ1v) is 31.6. The Bertz CT molecular complexity index is 2440. The van der Waals surface area contributed by atoms with E-state index in [0.29, 0.717) is 32.3 Å². The maximum atomic E-state index is 12.7. The molecule has 0 aromatic heterocycles. The lowest BCUT2D eigenvalue weighted by molar-refractivity contribution is -0.402. The highest BCUT2D eigenvalue weighted by atomic mass is 16.8. The van der Waals surface area contributed by atoms with Crippen molar-refractivity contribution in [3.05, 3.63) is 0 Å². The summed E-state index contributed by atoms with van der Waals surface area (Å²) in [5, 5.41) is 165. The van der Waals surface area contributed by atoms with Crippen LogP contribution in [-0.2, 0) is 61.6 Å². The predicted molar refractivity (Wildman–Crippen MR) is 294 cm³/mol. The molecule has 88 heavy (non-hydrogen) atoms. The third kappa shape index (κ3) is 10.7. The molecule has 5 saturated carbocycles. The Hall–Kier alpha value is -1.57. The van der Waals surface area contributed by atoms with Crippen LogP contribution in [0.15, 0.2) is 0 Å². The summed E-state index contributed by atoms with van der Waals surface area (Å²) in [5.74, 6) is -0.164. The predicted octanol–water partition coefficient (Wildman–Crippen LogP) is -3.71. The van der Waals surface area contributed by atoms with Crippen molar-refractivity contribution in [3.8, 4) is 0 Å². The van der Waals surface area contributed by atoms with E-state index >= 15 is 0 Å². The summed E-state index contributed by atoms with van der Waals surface area (Å²) in [6.45, 7) is 13.9. The molecule has 6 saturated heterocycles. The minimum absolute atomic E-state index is 0.0372. The fourth-order valence-electron chi connectivity index (χ4n) is 19.4. The third-order valence-electron chi connectivity index (χ3n) is 24.2. The molecule has 6 heterocycles. The van der Waals surface area contributed by atoms with Crippen LogP contribution in [0.3, 0.4) is 0 Å². The number of aliphatic hydroxyl groups is 15. The van der Waals surface area contributed by atoms with Crippen molar-refractivity contribution < 1.29 is 138 Å². The van der Waals surface area contributed by atoms with Crippen LogP contribution in [0.25, 0.3) is 0 Å². The first kappa shape index (κ1) is 67.8. The summed E-state index contributed by atoms with van der Waals surface area (Å²) in [6, 6.07) is 0. The fourth-order valence-corrected chi connectivity index (χ4v) is 19.4. The third-order valence-corrected chi connectivity index (χ3v) is 24.2. The van der Waals surface area contributed by atoms with Crippen molar-refractivity contribution in [3.63, 3.8) is 0 Å². The zero-order valence-electron chi connectivity index (χ0n) is 51.4. The molecule has 1 spiro atoms. The average Bonchev–Trinajstić information content (AvgIpc) is 1.30. The molecule has 34 atom stereocenters. The van der Waals surface area contributed by atoms with E-state index in [-0.39, 0.29) is 40.0 Å². The molecule has 0 aromatic carbocycles. The molecule has 11 rings (SSSR count). The lowest BCUT2D eigenvalue weighted by Gasteiger charge is -2.75. The van der Waals surface area contributed by atoms with Gasteiger partial charge in [0, 0.05) is 18.3 Å². The van der Waals surface area contributed by atoms with Crippen molar-refractivity contribution in [2.45, 2.75) is 278 Å². The second-order valence-corrected chi connectivity index (χ2v) is 29.7. The molecular formula is C60H98O28. The van der Waals surface area contributed by atoms with Gasteiger partial charge in [-0.15, -0.1) is 0 Å². The Kier molecular flexibility index (Phi) is 18.9. The fraction of sp³-hybridized carbons (Fsp3) is 0.983. The minimum Gasteiger partial charge on any atom is -0.462 e. The van der Waals surface area contributed by atoms with Crippen LogP contribution in [0, 0.1) is 50.2 Å². The summed E-state index contributed by atoms with van der Waals surface area (Å²) < 4.78 is 74.6. The first-order valence-electron chi connectivity index (χ1n) is 31.6. The summed E-state index contributed by atoms with van der Waals surface area (Å²) >= 11 is 0. The molecule has 34 unspecified atom stereocenters. The molecule has 0 amide bonds. The van der Waals surface area contributed by atoms with Gasteiger partial charge in [-0.3, -0.25) is 4.79 Å². The van der Waals surface area contributed by atoms with Crippen molar-refractivity contribution >= 4 is 5.97 Å². The number of carbonyl (C=O) groups excluding carboxylic acids is 1. The Morgan fingerprint density at radius 1 is 0.489 bits per heavy atom. The number of rotatable bonds is 14. The van der Waals surface area contributed by atoms with Gasteiger partial charge in [0.25, 0.3) is 0 Å². The van der Waals surface area contributed by atoms with Crippen molar-refractivity contribution in [2.75, 3.05) is 39.6 Å². The number of hydrogen-bond donors (Lipinski definition) is 15. The summed E-state index contributed by atoms with van der Waals surface area (Å²) in [4.78, 5) is 12.7. The Balaban J connectivity index is 0.854. The van der Waals surface area contributed by atoms with E-state index < -0.39 is 215 Å². The van der Waals surface area contributed by atoms with E-state index in [9.17, 15) is 81.4 Å². The van der Waals surface area contributed by atoms with E-state index in [4.69, 9.17) is 56.8 Å². The highest BCUT2D eigenvalue weighted by molar-refractivity contribution is 5.66. The van der Waals surface area contributed by atoms with Crippen molar-refractivity contribution in [2.24, 2.45) is 50.2 Å². The van der Waals surface area contributed by atoms with Gasteiger partial charge in [0.15, 0.2) is 31.5 Å². The maximum Gasteiger partial charge on any atom is 0.302 e. The van der Waals surface area contributed by atoms with Crippen molar-refractivity contribution in [1.82, 2.24) is 0 Å².